The summed E-state index contributed by atoms with van der Waals surface area (Å²) in [6.07, 6.45) is 1.95. The molecular weight excluding hydrogens is 182 g/mol. The van der Waals surface area contributed by atoms with Gasteiger partial charge in [-0.25, -0.2) is 14.8 Å². The third-order valence-corrected chi connectivity index (χ3v) is 1.69. The normalized spacial score (nSPS) is 10.5. The summed E-state index contributed by atoms with van der Waals surface area (Å²) in [5.74, 6) is -0.0608. The number of hydrogen-bond acceptors (Lipinski definition) is 4. The van der Waals surface area contributed by atoms with Gasteiger partial charge >= 0.3 is 5.97 Å². The van der Waals surface area contributed by atoms with Crippen molar-refractivity contribution in [2.24, 2.45) is 5.92 Å². The van der Waals surface area contributed by atoms with Crippen LogP contribution in [-0.4, -0.2) is 21.0 Å². The Labute approximate surface area is 82.0 Å². The molecule has 0 radical (unpaired) electrons. The highest BCUT2D eigenvalue weighted by atomic mass is 16.4. The number of rotatable bonds is 3. The van der Waals surface area contributed by atoms with Gasteiger partial charge in [0, 0.05) is 12.6 Å². The topological polar surface area (TPSA) is 89.1 Å². The summed E-state index contributed by atoms with van der Waals surface area (Å²) in [6.45, 7) is 4.06. The second-order valence-electron chi connectivity index (χ2n) is 3.49. The largest absolute Gasteiger partial charge is 0.477 e. The van der Waals surface area contributed by atoms with Gasteiger partial charge in [-0.15, -0.1) is 0 Å². The number of aromatic carboxylic acids is 1. The smallest absolute Gasteiger partial charge is 0.341 e. The highest BCUT2D eigenvalue weighted by molar-refractivity contribution is 5.92. The van der Waals surface area contributed by atoms with Crippen molar-refractivity contribution in [3.05, 3.63) is 17.6 Å². The van der Waals surface area contributed by atoms with Crippen LogP contribution in [0.1, 0.15) is 30.0 Å². The van der Waals surface area contributed by atoms with Crippen LogP contribution in [0.25, 0.3) is 0 Å². The number of aromatic nitrogens is 2. The summed E-state index contributed by atoms with van der Waals surface area (Å²) in [7, 11) is 0. The Morgan fingerprint density at radius 3 is 2.71 bits per heavy atom. The van der Waals surface area contributed by atoms with Gasteiger partial charge in [-0.3, -0.25) is 0 Å². The third-order valence-electron chi connectivity index (χ3n) is 1.69. The van der Waals surface area contributed by atoms with E-state index in [1.165, 1.54) is 6.20 Å². The number of anilines is 1. The summed E-state index contributed by atoms with van der Waals surface area (Å²) in [6, 6.07) is 0. The minimum atomic E-state index is -1.10. The van der Waals surface area contributed by atoms with Crippen molar-refractivity contribution in [2.75, 3.05) is 5.73 Å². The first-order valence-corrected chi connectivity index (χ1v) is 4.35. The highest BCUT2D eigenvalue weighted by Crippen LogP contribution is 2.09. The van der Waals surface area contributed by atoms with Crippen LogP contribution >= 0.6 is 0 Å². The molecule has 0 spiro atoms. The van der Waals surface area contributed by atoms with Crippen LogP contribution in [0, 0.1) is 5.92 Å². The number of carboxylic acids is 1. The lowest BCUT2D eigenvalue weighted by molar-refractivity contribution is 0.0697. The molecule has 76 valence electrons. The van der Waals surface area contributed by atoms with Crippen molar-refractivity contribution in [2.45, 2.75) is 20.3 Å². The average Bonchev–Trinajstić information content (AvgIpc) is 2.01. The Balaban J connectivity index is 2.94. The minimum absolute atomic E-state index is 0.0307. The van der Waals surface area contributed by atoms with E-state index in [1.807, 2.05) is 13.8 Å². The Morgan fingerprint density at radius 1 is 1.64 bits per heavy atom. The van der Waals surface area contributed by atoms with Crippen LogP contribution in [0.5, 0.6) is 0 Å². The molecular formula is C9H13N3O2. The van der Waals surface area contributed by atoms with E-state index in [9.17, 15) is 4.79 Å². The molecule has 0 aliphatic carbocycles. The number of nitrogens with two attached hydrogens (primary N) is 1. The molecule has 0 saturated carbocycles. The summed E-state index contributed by atoms with van der Waals surface area (Å²) < 4.78 is 0. The fraction of sp³-hybridized carbons (Fsp3) is 0.444. The average molecular weight is 195 g/mol. The zero-order chi connectivity index (χ0) is 10.7. The lowest BCUT2D eigenvalue weighted by Crippen LogP contribution is -2.09. The van der Waals surface area contributed by atoms with Gasteiger partial charge in [-0.05, 0) is 5.92 Å². The Kier molecular flexibility index (Phi) is 3.01. The van der Waals surface area contributed by atoms with Gasteiger partial charge in [-0.2, -0.15) is 0 Å². The number of carboxylic acid groups (broad SMARTS) is 1. The van der Waals surface area contributed by atoms with Crippen LogP contribution < -0.4 is 5.73 Å². The first kappa shape index (κ1) is 10.4. The van der Waals surface area contributed by atoms with Crippen LogP contribution in [0.4, 0.5) is 5.82 Å². The molecule has 0 aliphatic rings. The summed E-state index contributed by atoms with van der Waals surface area (Å²) in [5.41, 5.74) is 5.42. The van der Waals surface area contributed by atoms with Crippen LogP contribution in [0.3, 0.4) is 0 Å². The maximum Gasteiger partial charge on any atom is 0.341 e. The monoisotopic (exact) mass is 195 g/mol. The molecule has 1 heterocycles. The van der Waals surface area contributed by atoms with E-state index in [-0.39, 0.29) is 11.4 Å². The standard InChI is InChI=1S/C9H13N3O2/c1-5(2)3-7-11-4-6(9(13)14)8(10)12-7/h4-5H,3H2,1-2H3,(H,13,14)(H2,10,11,12). The maximum atomic E-state index is 10.6. The summed E-state index contributed by atoms with van der Waals surface area (Å²) >= 11 is 0. The predicted molar refractivity (Wildman–Crippen MR) is 51.9 cm³/mol. The van der Waals surface area contributed by atoms with Crippen molar-refractivity contribution >= 4 is 11.8 Å². The molecule has 14 heavy (non-hydrogen) atoms. The van der Waals surface area contributed by atoms with E-state index in [4.69, 9.17) is 10.8 Å². The molecule has 3 N–H and O–H groups in total. The molecule has 0 unspecified atom stereocenters. The molecule has 0 fully saturated rings. The third kappa shape index (κ3) is 2.42. The fourth-order valence-corrected chi connectivity index (χ4v) is 1.06. The van der Waals surface area contributed by atoms with Gasteiger partial charge in [0.05, 0.1) is 0 Å². The van der Waals surface area contributed by atoms with Crippen LogP contribution in [-0.2, 0) is 6.42 Å². The first-order chi connectivity index (χ1) is 6.50. The second-order valence-corrected chi connectivity index (χ2v) is 3.49. The lowest BCUT2D eigenvalue weighted by Gasteiger charge is -2.05. The quantitative estimate of drug-likeness (QED) is 0.749. The van der Waals surface area contributed by atoms with E-state index in [1.54, 1.807) is 0 Å². The molecule has 0 bridgehead atoms. The van der Waals surface area contributed by atoms with Gasteiger partial charge in [0.2, 0.25) is 0 Å². The minimum Gasteiger partial charge on any atom is -0.477 e. The Morgan fingerprint density at radius 2 is 2.29 bits per heavy atom. The SMILES string of the molecule is CC(C)Cc1ncc(C(=O)O)c(N)n1. The van der Waals surface area contributed by atoms with Crippen molar-refractivity contribution in [3.8, 4) is 0 Å². The molecule has 1 rings (SSSR count). The molecule has 5 heteroatoms. The van der Waals surface area contributed by atoms with E-state index in [0.717, 1.165) is 0 Å². The predicted octanol–water partition coefficient (Wildman–Crippen LogP) is 0.956. The molecule has 1 aromatic heterocycles. The van der Waals surface area contributed by atoms with E-state index in [0.29, 0.717) is 18.2 Å². The zero-order valence-electron chi connectivity index (χ0n) is 8.19. The first-order valence-electron chi connectivity index (χ1n) is 4.35. The Hall–Kier alpha value is -1.65. The van der Waals surface area contributed by atoms with Crippen molar-refractivity contribution < 1.29 is 9.90 Å². The molecule has 5 nitrogen and oxygen atoms in total. The molecule has 0 saturated heterocycles. The molecule has 0 atom stereocenters. The van der Waals surface area contributed by atoms with Gasteiger partial charge in [0.25, 0.3) is 0 Å². The van der Waals surface area contributed by atoms with Crippen LogP contribution in [0.2, 0.25) is 0 Å². The fourth-order valence-electron chi connectivity index (χ4n) is 1.06. The van der Waals surface area contributed by atoms with Crippen molar-refractivity contribution in [1.29, 1.82) is 0 Å². The number of nitrogens with zero attached hydrogens (tertiary/aromatic N) is 2. The van der Waals surface area contributed by atoms with Gasteiger partial charge < -0.3 is 10.8 Å². The van der Waals surface area contributed by atoms with Gasteiger partial charge in [0.15, 0.2) is 0 Å². The van der Waals surface area contributed by atoms with E-state index < -0.39 is 5.97 Å². The van der Waals surface area contributed by atoms with Crippen molar-refractivity contribution in [1.82, 2.24) is 9.97 Å². The molecule has 1 aromatic rings. The van der Waals surface area contributed by atoms with E-state index >= 15 is 0 Å². The molecule has 0 aliphatic heterocycles. The highest BCUT2D eigenvalue weighted by Gasteiger charge is 2.11. The maximum absolute atomic E-state index is 10.6. The van der Waals surface area contributed by atoms with Gasteiger partial charge in [-0.1, -0.05) is 13.8 Å². The number of nitrogen functional groups attached to an aromatic ring is 1. The Bertz CT molecular complexity index is 350. The van der Waals surface area contributed by atoms with Gasteiger partial charge in [0.1, 0.15) is 17.2 Å². The zero-order valence-corrected chi connectivity index (χ0v) is 8.19. The van der Waals surface area contributed by atoms with Crippen LogP contribution in [0.15, 0.2) is 6.20 Å². The van der Waals surface area contributed by atoms with E-state index in [2.05, 4.69) is 9.97 Å². The number of hydrogen-bond donors (Lipinski definition) is 2. The summed E-state index contributed by atoms with van der Waals surface area (Å²) in [5, 5.41) is 8.68. The summed E-state index contributed by atoms with van der Waals surface area (Å²) in [4.78, 5) is 18.4. The molecule has 0 aromatic carbocycles. The second kappa shape index (κ2) is 4.04. The number of carbonyl (C=O) groups is 1. The molecule has 0 amide bonds. The lowest BCUT2D eigenvalue weighted by atomic mass is 10.1. The van der Waals surface area contributed by atoms with Crippen molar-refractivity contribution in [3.63, 3.8) is 0 Å².